The minimum Gasteiger partial charge on any atom is -0.508 e. The molecule has 12 heteroatoms. The second-order valence-corrected chi connectivity index (χ2v) is 19.7. The zero-order valence-electron chi connectivity index (χ0n) is 42.5. The molecule has 6 heterocycles. The van der Waals surface area contributed by atoms with Gasteiger partial charge in [0.05, 0.1) is 27.4 Å². The molecule has 2 N–H and O–H groups in total. The van der Waals surface area contributed by atoms with E-state index in [0.717, 1.165) is 105 Å². The molecule has 0 radical (unpaired) electrons. The molecule has 2 fully saturated rings. The summed E-state index contributed by atoms with van der Waals surface area (Å²) in [5, 5.41) is 20.3. The van der Waals surface area contributed by atoms with Crippen molar-refractivity contribution >= 4 is 22.3 Å². The van der Waals surface area contributed by atoms with Crippen LogP contribution in [0, 0.1) is 0 Å². The minimum atomic E-state index is -0.347. The Balaban J connectivity index is 0.000000159. The Bertz CT molecular complexity index is 2990. The third-order valence-corrected chi connectivity index (χ3v) is 15.0. The maximum Gasteiger partial charge on any atom is 0.150 e. The van der Waals surface area contributed by atoms with Crippen LogP contribution in [0.15, 0.2) is 121 Å². The quantitative estimate of drug-likeness (QED) is 0.121. The van der Waals surface area contributed by atoms with Crippen LogP contribution in [0.4, 0.5) is 0 Å². The predicted molar refractivity (Wildman–Crippen MR) is 287 cm³/mol. The van der Waals surface area contributed by atoms with Crippen molar-refractivity contribution in [3.63, 3.8) is 0 Å². The predicted octanol–water partition coefficient (Wildman–Crippen LogP) is 12.2. The fraction of sp³-hybridized carbons (Fsp3) is 0.355. The van der Waals surface area contributed by atoms with E-state index in [1.807, 2.05) is 60.7 Å². The maximum atomic E-state index is 10.2. The van der Waals surface area contributed by atoms with Crippen molar-refractivity contribution < 1.29 is 48.1 Å². The van der Waals surface area contributed by atoms with E-state index >= 15 is 0 Å². The number of hydrogen-bond donors (Lipinski definition) is 2. The van der Waals surface area contributed by atoms with Gasteiger partial charge in [0, 0.05) is 83.6 Å². The van der Waals surface area contributed by atoms with Crippen LogP contribution in [0.2, 0.25) is 0 Å². The first-order chi connectivity index (χ1) is 36.4. The van der Waals surface area contributed by atoms with E-state index in [-0.39, 0.29) is 23.7 Å². The van der Waals surface area contributed by atoms with E-state index in [1.54, 1.807) is 38.5 Å². The number of rotatable bonds is 12. The van der Waals surface area contributed by atoms with Crippen molar-refractivity contribution in [2.45, 2.75) is 63.6 Å². The molecule has 0 saturated carbocycles. The molecule has 6 aliphatic rings. The van der Waals surface area contributed by atoms with E-state index in [0.29, 0.717) is 37.9 Å². The number of likely N-dealkylation sites (tertiary alicyclic amines) is 2. The molecule has 0 bridgehead atoms. The first-order valence-corrected chi connectivity index (χ1v) is 26.4. The van der Waals surface area contributed by atoms with Gasteiger partial charge < -0.3 is 48.1 Å². The molecule has 12 nitrogen and oxygen atoms in total. The summed E-state index contributed by atoms with van der Waals surface area (Å²) >= 11 is 0. The van der Waals surface area contributed by atoms with Crippen molar-refractivity contribution in [3.05, 3.63) is 155 Å². The Labute approximate surface area is 434 Å². The summed E-state index contributed by atoms with van der Waals surface area (Å²) in [5.74, 6) is 6.56. The summed E-state index contributed by atoms with van der Waals surface area (Å²) in [5.41, 5.74) is 10.6. The number of fused-ring (bicyclic) bond motifs is 8. The van der Waals surface area contributed by atoms with Crippen LogP contribution in [0.3, 0.4) is 0 Å². The lowest BCUT2D eigenvalue weighted by Gasteiger charge is -2.31. The van der Waals surface area contributed by atoms with Crippen molar-refractivity contribution in [1.29, 1.82) is 0 Å². The molecule has 0 aromatic heterocycles. The normalized spacial score (nSPS) is 19.0. The zero-order chi connectivity index (χ0) is 50.4. The number of aromatic hydroxyl groups is 2. The minimum absolute atomic E-state index is 0.187. The van der Waals surface area contributed by atoms with E-state index < -0.39 is 0 Å². The van der Waals surface area contributed by atoms with Crippen LogP contribution in [-0.4, -0.2) is 99.9 Å². The number of methoxy groups -OCH3 is 2. The molecule has 384 valence electrons. The van der Waals surface area contributed by atoms with E-state index in [1.165, 1.54) is 75.9 Å². The maximum absolute atomic E-state index is 10.2. The molecule has 12 rings (SSSR count). The fourth-order valence-electron chi connectivity index (χ4n) is 11.2. The molecule has 0 amide bonds. The van der Waals surface area contributed by atoms with Crippen molar-refractivity contribution in [2.24, 2.45) is 0 Å². The Kier molecular flexibility index (Phi) is 14.9. The van der Waals surface area contributed by atoms with Gasteiger partial charge in [-0.05, 0) is 147 Å². The van der Waals surface area contributed by atoms with Gasteiger partial charge in [-0.1, -0.05) is 37.1 Å². The summed E-state index contributed by atoms with van der Waals surface area (Å²) in [6.45, 7) is 9.08. The largest absolute Gasteiger partial charge is 0.508 e. The lowest BCUT2D eigenvalue weighted by molar-refractivity contribution is 0.183. The fourth-order valence-corrected chi connectivity index (χ4v) is 11.2. The van der Waals surface area contributed by atoms with Gasteiger partial charge in [-0.3, -0.25) is 9.80 Å². The third-order valence-electron chi connectivity index (χ3n) is 15.0. The summed E-state index contributed by atoms with van der Waals surface area (Å²) in [7, 11) is 3.33. The van der Waals surface area contributed by atoms with Crippen LogP contribution in [0.25, 0.3) is 22.3 Å². The number of phenolic OH excluding ortho intramolecular Hbond substituents is 2. The van der Waals surface area contributed by atoms with Crippen LogP contribution in [0.1, 0.15) is 97.0 Å². The summed E-state index contributed by atoms with van der Waals surface area (Å²) in [6, 6.07) is 39.0. The smallest absolute Gasteiger partial charge is 0.150 e. The molecule has 2 atom stereocenters. The number of phenols is 2. The van der Waals surface area contributed by atoms with Crippen LogP contribution in [-0.2, 0) is 0 Å². The van der Waals surface area contributed by atoms with Crippen molar-refractivity contribution in [2.75, 3.05) is 79.9 Å². The lowest BCUT2D eigenvalue weighted by atomic mass is 9.84. The average Bonchev–Trinajstić information content (AvgIpc) is 3.76. The molecule has 0 aliphatic carbocycles. The van der Waals surface area contributed by atoms with Gasteiger partial charge in [0.2, 0.25) is 0 Å². The second kappa shape index (κ2) is 22.5. The topological polar surface area (TPSA) is 121 Å². The molecular weight excluding hydrogens is 933 g/mol. The molecule has 6 aromatic carbocycles. The van der Waals surface area contributed by atoms with Crippen molar-refractivity contribution in [3.8, 4) is 57.5 Å². The molecule has 74 heavy (non-hydrogen) atoms. The number of benzene rings is 6. The van der Waals surface area contributed by atoms with Gasteiger partial charge in [0.15, 0.2) is 0 Å². The van der Waals surface area contributed by atoms with Crippen LogP contribution < -0.4 is 37.9 Å². The number of hydrogen-bond acceptors (Lipinski definition) is 12. The summed E-state index contributed by atoms with van der Waals surface area (Å²) < 4.78 is 48.6. The van der Waals surface area contributed by atoms with Crippen molar-refractivity contribution in [1.82, 2.24) is 9.80 Å². The Morgan fingerprint density at radius 3 is 1.32 bits per heavy atom. The standard InChI is InChI=1S/2C31H33NO5/c1-34-24-10-12-25-26-13-17-36-28-19-22(33)7-11-27(28)30(26)31(37-29(25)20-24)21-5-8-23(9-6-21)35-18-16-32-14-3-2-4-15-32;1-34-24-10-12-27-28(20-24)36-17-13-26-25-11-7-22(33)19-29(25)37-31(30(26)27)21-5-8-23(9-6-21)35-18-16-32-14-3-2-4-15-32/h2*5-12,19-20,31,33H,2-4,13-18H2,1H3/t2*31-/m00/s1. The second-order valence-electron chi connectivity index (χ2n) is 19.7. The summed E-state index contributed by atoms with van der Waals surface area (Å²) in [4.78, 5) is 4.96. The first kappa shape index (κ1) is 49.0. The highest BCUT2D eigenvalue weighted by atomic mass is 16.5. The van der Waals surface area contributed by atoms with Gasteiger partial charge in [-0.2, -0.15) is 0 Å². The number of nitrogens with zero attached hydrogens (tertiary/aromatic N) is 2. The van der Waals surface area contributed by atoms with Gasteiger partial charge in [0.1, 0.15) is 82.9 Å². The van der Waals surface area contributed by atoms with Gasteiger partial charge in [0.25, 0.3) is 0 Å². The van der Waals surface area contributed by atoms with E-state index in [4.69, 9.17) is 37.9 Å². The SMILES string of the molecule is COc1ccc2c(c1)OCCC1=C2[C@H](c2ccc(OCCN3CCCCC3)cc2)Oc2cc(O)ccc21.COc1ccc2c(c1)O[C@@H](c1ccc(OCCN3CCCCC3)cc1)C1=C2CCOc2cc(O)ccc21. The van der Waals surface area contributed by atoms with Gasteiger partial charge >= 0.3 is 0 Å². The van der Waals surface area contributed by atoms with Crippen LogP contribution >= 0.6 is 0 Å². The first-order valence-electron chi connectivity index (χ1n) is 26.4. The van der Waals surface area contributed by atoms with E-state index in [2.05, 4.69) is 46.2 Å². The molecule has 0 unspecified atom stereocenters. The monoisotopic (exact) mass is 998 g/mol. The molecule has 2 saturated heterocycles. The Morgan fingerprint density at radius 1 is 0.446 bits per heavy atom. The molecule has 0 spiro atoms. The number of ether oxygens (including phenoxy) is 8. The number of piperidine rings is 2. The molecular formula is C62H66N2O10. The molecule has 6 aliphatic heterocycles. The Hall–Kier alpha value is -7.28. The van der Waals surface area contributed by atoms with Gasteiger partial charge in [-0.15, -0.1) is 0 Å². The zero-order valence-corrected chi connectivity index (χ0v) is 42.5. The highest BCUT2D eigenvalue weighted by Gasteiger charge is 2.36. The average molecular weight is 999 g/mol. The van der Waals surface area contributed by atoms with Gasteiger partial charge in [-0.25, -0.2) is 0 Å². The lowest BCUT2D eigenvalue weighted by Crippen LogP contribution is -2.33. The van der Waals surface area contributed by atoms with Crippen LogP contribution in [0.5, 0.6) is 57.5 Å². The molecule has 6 aromatic rings. The summed E-state index contributed by atoms with van der Waals surface area (Å²) in [6.07, 6.45) is 8.63. The third kappa shape index (κ3) is 10.7. The highest BCUT2D eigenvalue weighted by molar-refractivity contribution is 5.99. The van der Waals surface area contributed by atoms with E-state index in [9.17, 15) is 10.2 Å². The Morgan fingerprint density at radius 2 is 0.838 bits per heavy atom. The highest BCUT2D eigenvalue weighted by Crippen LogP contribution is 2.54.